The van der Waals surface area contributed by atoms with E-state index in [1.807, 2.05) is 13.8 Å². The van der Waals surface area contributed by atoms with Gasteiger partial charge in [-0.25, -0.2) is 0 Å². The predicted octanol–water partition coefficient (Wildman–Crippen LogP) is 1.25. The Morgan fingerprint density at radius 1 is 1.60 bits per heavy atom. The Kier molecular flexibility index (Phi) is 4.29. The van der Waals surface area contributed by atoms with Crippen molar-refractivity contribution in [2.45, 2.75) is 19.9 Å². The second kappa shape index (κ2) is 4.79. The van der Waals surface area contributed by atoms with Crippen LogP contribution in [0.1, 0.15) is 13.8 Å². The molecule has 0 fully saturated rings. The van der Waals surface area contributed by atoms with Gasteiger partial charge in [-0.05, 0) is 13.8 Å². The minimum absolute atomic E-state index is 0.0742. The van der Waals surface area contributed by atoms with Crippen LogP contribution in [0.3, 0.4) is 0 Å². The summed E-state index contributed by atoms with van der Waals surface area (Å²) in [5, 5.41) is 2.70. The fourth-order valence-corrected chi connectivity index (χ4v) is 0.488. The fraction of sp³-hybridized carbons (Fsp3) is 0.375. The number of allylic oxidation sites excluding steroid dienone is 2. The maximum Gasteiger partial charge on any atom is 0.244 e. The van der Waals surface area contributed by atoms with Gasteiger partial charge < -0.3 is 5.32 Å². The van der Waals surface area contributed by atoms with Crippen LogP contribution in [-0.2, 0) is 4.79 Å². The molecule has 0 saturated heterocycles. The van der Waals surface area contributed by atoms with Gasteiger partial charge >= 0.3 is 0 Å². The first-order valence-corrected chi connectivity index (χ1v) is 3.26. The summed E-state index contributed by atoms with van der Waals surface area (Å²) in [4.78, 5) is 10.8. The zero-order valence-corrected chi connectivity index (χ0v) is 6.42. The number of carbonyl (C=O) groups excluding carboxylic acids is 1. The fourth-order valence-electron chi connectivity index (χ4n) is 0.488. The minimum Gasteiger partial charge on any atom is -0.350 e. The first kappa shape index (κ1) is 8.95. The topological polar surface area (TPSA) is 29.1 Å². The van der Waals surface area contributed by atoms with E-state index < -0.39 is 0 Å². The van der Waals surface area contributed by atoms with Gasteiger partial charge in [0, 0.05) is 12.1 Å². The number of amides is 1. The minimum atomic E-state index is -0.0742. The van der Waals surface area contributed by atoms with Crippen LogP contribution in [0.25, 0.3) is 0 Å². The molecule has 0 aromatic heterocycles. The van der Waals surface area contributed by atoms with Crippen LogP contribution in [0.5, 0.6) is 0 Å². The van der Waals surface area contributed by atoms with Crippen molar-refractivity contribution < 1.29 is 4.79 Å². The third-order valence-electron chi connectivity index (χ3n) is 0.815. The summed E-state index contributed by atoms with van der Waals surface area (Å²) in [6.45, 7) is 7.28. The summed E-state index contributed by atoms with van der Waals surface area (Å²) in [7, 11) is 0. The SMILES string of the molecule is C=C/C=C/C(=O)NC(C)C. The molecule has 0 aromatic carbocycles. The maximum absolute atomic E-state index is 10.8. The predicted molar refractivity (Wildman–Crippen MR) is 42.6 cm³/mol. The van der Waals surface area contributed by atoms with Gasteiger partial charge in [0.15, 0.2) is 0 Å². The first-order valence-electron chi connectivity index (χ1n) is 3.26. The van der Waals surface area contributed by atoms with Crippen molar-refractivity contribution in [3.8, 4) is 0 Å². The highest BCUT2D eigenvalue weighted by Crippen LogP contribution is 1.79. The molecule has 0 rings (SSSR count). The Labute approximate surface area is 61.6 Å². The molecule has 0 aliphatic carbocycles. The van der Waals surface area contributed by atoms with Gasteiger partial charge in [-0.2, -0.15) is 0 Å². The van der Waals surface area contributed by atoms with Crippen molar-refractivity contribution in [3.05, 3.63) is 24.8 Å². The zero-order chi connectivity index (χ0) is 7.98. The monoisotopic (exact) mass is 139 g/mol. The molecule has 1 amide bonds. The quantitative estimate of drug-likeness (QED) is 0.462. The smallest absolute Gasteiger partial charge is 0.244 e. The highest BCUT2D eigenvalue weighted by molar-refractivity contribution is 5.87. The van der Waals surface area contributed by atoms with Gasteiger partial charge in [0.2, 0.25) is 5.91 Å². The van der Waals surface area contributed by atoms with Gasteiger partial charge in [-0.15, -0.1) is 0 Å². The van der Waals surface area contributed by atoms with Crippen molar-refractivity contribution in [2.75, 3.05) is 0 Å². The lowest BCUT2D eigenvalue weighted by molar-refractivity contribution is -0.116. The molecule has 0 radical (unpaired) electrons. The van der Waals surface area contributed by atoms with Crippen molar-refractivity contribution in [1.82, 2.24) is 5.32 Å². The largest absolute Gasteiger partial charge is 0.350 e. The standard InChI is InChI=1S/C8H13NO/c1-4-5-6-8(10)9-7(2)3/h4-7H,1H2,2-3H3,(H,9,10)/b6-5+. The number of hydrogen-bond acceptors (Lipinski definition) is 1. The van der Waals surface area contributed by atoms with Crippen molar-refractivity contribution >= 4 is 5.91 Å². The van der Waals surface area contributed by atoms with E-state index >= 15 is 0 Å². The van der Waals surface area contributed by atoms with Gasteiger partial charge in [-0.1, -0.05) is 18.7 Å². The number of hydrogen-bond donors (Lipinski definition) is 1. The molecule has 0 aromatic rings. The lowest BCUT2D eigenvalue weighted by Gasteiger charge is -2.03. The second-order valence-corrected chi connectivity index (χ2v) is 2.26. The first-order chi connectivity index (χ1) is 4.66. The van der Waals surface area contributed by atoms with E-state index in [4.69, 9.17) is 0 Å². The zero-order valence-electron chi connectivity index (χ0n) is 6.42. The van der Waals surface area contributed by atoms with Crippen molar-refractivity contribution in [2.24, 2.45) is 0 Å². The van der Waals surface area contributed by atoms with E-state index in [0.717, 1.165) is 0 Å². The number of nitrogens with one attached hydrogen (secondary N) is 1. The molecule has 0 heterocycles. The summed E-state index contributed by atoms with van der Waals surface area (Å²) >= 11 is 0. The third-order valence-corrected chi connectivity index (χ3v) is 0.815. The second-order valence-electron chi connectivity index (χ2n) is 2.26. The lowest BCUT2D eigenvalue weighted by Crippen LogP contribution is -2.28. The summed E-state index contributed by atoms with van der Waals surface area (Å²) in [6.07, 6.45) is 4.63. The molecule has 10 heavy (non-hydrogen) atoms. The molecular formula is C8H13NO. The van der Waals surface area contributed by atoms with Crippen LogP contribution in [0.4, 0.5) is 0 Å². The van der Waals surface area contributed by atoms with E-state index in [2.05, 4.69) is 11.9 Å². The Hall–Kier alpha value is -1.05. The molecule has 1 N–H and O–H groups in total. The van der Waals surface area contributed by atoms with Crippen LogP contribution in [0.15, 0.2) is 24.8 Å². The van der Waals surface area contributed by atoms with Gasteiger partial charge in [-0.3, -0.25) is 4.79 Å². The van der Waals surface area contributed by atoms with Gasteiger partial charge in [0.1, 0.15) is 0 Å². The van der Waals surface area contributed by atoms with Crippen LogP contribution in [0, 0.1) is 0 Å². The van der Waals surface area contributed by atoms with Crippen LogP contribution in [0.2, 0.25) is 0 Å². The van der Waals surface area contributed by atoms with E-state index in [9.17, 15) is 4.79 Å². The van der Waals surface area contributed by atoms with Gasteiger partial charge in [0.25, 0.3) is 0 Å². The van der Waals surface area contributed by atoms with E-state index in [0.29, 0.717) is 0 Å². The Bertz CT molecular complexity index is 147. The van der Waals surface area contributed by atoms with Crippen LogP contribution < -0.4 is 5.32 Å². The molecule has 0 aliphatic heterocycles. The molecule has 56 valence electrons. The van der Waals surface area contributed by atoms with Crippen LogP contribution in [-0.4, -0.2) is 11.9 Å². The number of carbonyl (C=O) groups is 1. The summed E-state index contributed by atoms with van der Waals surface area (Å²) in [5.41, 5.74) is 0. The van der Waals surface area contributed by atoms with E-state index in [-0.39, 0.29) is 11.9 Å². The average Bonchev–Trinajstić information content (AvgIpc) is 1.82. The number of rotatable bonds is 3. The van der Waals surface area contributed by atoms with Gasteiger partial charge in [0.05, 0.1) is 0 Å². The summed E-state index contributed by atoms with van der Waals surface area (Å²) < 4.78 is 0. The summed E-state index contributed by atoms with van der Waals surface area (Å²) in [5.74, 6) is -0.0742. The van der Waals surface area contributed by atoms with Crippen molar-refractivity contribution in [1.29, 1.82) is 0 Å². The maximum atomic E-state index is 10.8. The molecule has 2 heteroatoms. The Morgan fingerprint density at radius 3 is 2.60 bits per heavy atom. The van der Waals surface area contributed by atoms with E-state index in [1.54, 1.807) is 12.2 Å². The molecule has 0 bridgehead atoms. The highest BCUT2D eigenvalue weighted by Gasteiger charge is 1.94. The van der Waals surface area contributed by atoms with Crippen LogP contribution >= 0.6 is 0 Å². The molecule has 0 atom stereocenters. The molecule has 0 unspecified atom stereocenters. The molecule has 0 aliphatic rings. The van der Waals surface area contributed by atoms with Crippen molar-refractivity contribution in [3.63, 3.8) is 0 Å². The Morgan fingerprint density at radius 2 is 2.20 bits per heavy atom. The Balaban J connectivity index is 3.64. The highest BCUT2D eigenvalue weighted by atomic mass is 16.1. The third kappa shape index (κ3) is 5.09. The normalized spacial score (nSPS) is 10.3. The molecule has 0 spiro atoms. The molecule has 0 saturated carbocycles. The average molecular weight is 139 g/mol. The molecule has 2 nitrogen and oxygen atoms in total. The lowest BCUT2D eigenvalue weighted by atomic mass is 10.4. The van der Waals surface area contributed by atoms with E-state index in [1.165, 1.54) is 6.08 Å². The summed E-state index contributed by atoms with van der Waals surface area (Å²) in [6, 6.07) is 0.196. The molecular weight excluding hydrogens is 126 g/mol.